The van der Waals surface area contributed by atoms with E-state index in [1.54, 1.807) is 14.0 Å². The highest BCUT2D eigenvalue weighted by Crippen LogP contribution is 1.89. The molecule has 0 rings (SSSR count). The molecule has 0 spiro atoms. The predicted octanol–water partition coefficient (Wildman–Crippen LogP) is 1.02. The highest BCUT2D eigenvalue weighted by molar-refractivity contribution is 6.45. The van der Waals surface area contributed by atoms with E-state index in [0.717, 1.165) is 5.71 Å². The van der Waals surface area contributed by atoms with Crippen molar-refractivity contribution < 1.29 is 9.94 Å². The summed E-state index contributed by atoms with van der Waals surface area (Å²) in [5.41, 5.74) is 1.48. The van der Waals surface area contributed by atoms with Crippen molar-refractivity contribution in [2.75, 3.05) is 20.3 Å². The summed E-state index contributed by atoms with van der Waals surface area (Å²) in [5.74, 6) is 0. The molecule has 1 N–H and O–H groups in total. The Bertz CT molecular complexity index is 220. The summed E-state index contributed by atoms with van der Waals surface area (Å²) in [6.07, 6.45) is 3.73. The Morgan fingerprint density at radius 1 is 1.54 bits per heavy atom. The second kappa shape index (κ2) is 7.49. The van der Waals surface area contributed by atoms with Crippen LogP contribution in [0.15, 0.2) is 22.3 Å². The summed E-state index contributed by atoms with van der Waals surface area (Å²) in [6.45, 7) is 3.90. The minimum absolute atomic E-state index is 0.0288. The number of aliphatic imine (C=N–C) groups is 1. The van der Waals surface area contributed by atoms with E-state index in [0.29, 0.717) is 5.71 Å². The lowest BCUT2D eigenvalue weighted by Crippen LogP contribution is -2.08. The van der Waals surface area contributed by atoms with Gasteiger partial charge in [0.2, 0.25) is 0 Å². The molecule has 0 bridgehead atoms. The van der Waals surface area contributed by atoms with E-state index >= 15 is 0 Å². The molecular formula is C9H16N2O2. The minimum Gasteiger partial charge on any atom is -0.393 e. The molecule has 0 amide bonds. The van der Waals surface area contributed by atoms with Crippen molar-refractivity contribution in [3.63, 3.8) is 0 Å². The molecule has 0 heterocycles. The third-order valence-electron chi connectivity index (χ3n) is 1.32. The summed E-state index contributed by atoms with van der Waals surface area (Å²) < 4.78 is 0. The Balaban J connectivity index is 4.20. The molecular weight excluding hydrogens is 168 g/mol. The maximum atomic E-state index is 8.44. The van der Waals surface area contributed by atoms with Crippen molar-refractivity contribution in [2.45, 2.75) is 13.8 Å². The van der Waals surface area contributed by atoms with Crippen LogP contribution in [0.5, 0.6) is 0 Å². The molecule has 4 nitrogen and oxygen atoms in total. The lowest BCUT2D eigenvalue weighted by atomic mass is 10.2. The van der Waals surface area contributed by atoms with Crippen LogP contribution in [-0.2, 0) is 4.84 Å². The molecule has 0 aromatic heterocycles. The van der Waals surface area contributed by atoms with Crippen LogP contribution in [0.1, 0.15) is 13.8 Å². The average Bonchev–Trinajstić information content (AvgIpc) is 2.14. The van der Waals surface area contributed by atoms with E-state index in [-0.39, 0.29) is 13.2 Å². The number of rotatable bonds is 5. The van der Waals surface area contributed by atoms with Crippen molar-refractivity contribution in [1.29, 1.82) is 0 Å². The minimum atomic E-state index is -0.0288. The third-order valence-corrected chi connectivity index (χ3v) is 1.32. The van der Waals surface area contributed by atoms with Gasteiger partial charge in [0.25, 0.3) is 0 Å². The van der Waals surface area contributed by atoms with Gasteiger partial charge in [0.15, 0.2) is 0 Å². The van der Waals surface area contributed by atoms with Crippen LogP contribution in [0.3, 0.4) is 0 Å². The number of nitrogens with zero attached hydrogens (tertiary/aromatic N) is 2. The number of aliphatic hydroxyl groups is 1. The number of oxime groups is 1. The summed E-state index contributed by atoms with van der Waals surface area (Å²) in [4.78, 5) is 8.81. The van der Waals surface area contributed by atoms with Crippen LogP contribution >= 0.6 is 0 Å². The SMILES string of the molecule is CC=CC(=NC)C(C)=NOCCO. The highest BCUT2D eigenvalue weighted by atomic mass is 16.6. The van der Waals surface area contributed by atoms with E-state index in [4.69, 9.17) is 9.94 Å². The first-order valence-electron chi connectivity index (χ1n) is 4.13. The second-order valence-corrected chi connectivity index (χ2v) is 2.34. The number of hydrogen-bond acceptors (Lipinski definition) is 4. The van der Waals surface area contributed by atoms with Gasteiger partial charge in [0.05, 0.1) is 12.3 Å². The van der Waals surface area contributed by atoms with Crippen LogP contribution in [-0.4, -0.2) is 36.8 Å². The number of allylic oxidation sites excluding steroid dienone is 2. The number of hydrogen-bond donors (Lipinski definition) is 1. The molecule has 0 aromatic carbocycles. The summed E-state index contributed by atoms with van der Waals surface area (Å²) in [5, 5.41) is 12.2. The van der Waals surface area contributed by atoms with E-state index in [1.807, 2.05) is 19.1 Å². The van der Waals surface area contributed by atoms with Crippen molar-refractivity contribution in [3.8, 4) is 0 Å². The maximum absolute atomic E-state index is 8.44. The molecule has 4 heteroatoms. The molecule has 0 saturated carbocycles. The Morgan fingerprint density at radius 3 is 2.69 bits per heavy atom. The zero-order valence-corrected chi connectivity index (χ0v) is 8.32. The van der Waals surface area contributed by atoms with Crippen LogP contribution in [0.2, 0.25) is 0 Å². The smallest absolute Gasteiger partial charge is 0.140 e. The fourth-order valence-corrected chi connectivity index (χ4v) is 0.745. The topological polar surface area (TPSA) is 54.2 Å². The van der Waals surface area contributed by atoms with Gasteiger partial charge in [-0.3, -0.25) is 4.99 Å². The quantitative estimate of drug-likeness (QED) is 0.394. The molecule has 0 aliphatic heterocycles. The first-order valence-corrected chi connectivity index (χ1v) is 4.13. The Kier molecular flexibility index (Phi) is 6.82. The van der Waals surface area contributed by atoms with Gasteiger partial charge in [-0.25, -0.2) is 0 Å². The van der Waals surface area contributed by atoms with E-state index < -0.39 is 0 Å². The van der Waals surface area contributed by atoms with Crippen LogP contribution in [0.25, 0.3) is 0 Å². The average molecular weight is 184 g/mol. The predicted molar refractivity (Wildman–Crippen MR) is 54.3 cm³/mol. The molecule has 74 valence electrons. The molecule has 0 aliphatic carbocycles. The van der Waals surface area contributed by atoms with Gasteiger partial charge < -0.3 is 9.94 Å². The van der Waals surface area contributed by atoms with Gasteiger partial charge in [-0.2, -0.15) is 0 Å². The van der Waals surface area contributed by atoms with E-state index in [2.05, 4.69) is 10.1 Å². The normalized spacial score (nSPS) is 13.8. The third kappa shape index (κ3) is 5.14. The monoisotopic (exact) mass is 184 g/mol. The second-order valence-electron chi connectivity index (χ2n) is 2.34. The van der Waals surface area contributed by atoms with Crippen LogP contribution in [0.4, 0.5) is 0 Å². The van der Waals surface area contributed by atoms with Gasteiger partial charge in [-0.15, -0.1) is 0 Å². The lowest BCUT2D eigenvalue weighted by Gasteiger charge is -1.99. The van der Waals surface area contributed by atoms with Crippen LogP contribution in [0, 0.1) is 0 Å². The van der Waals surface area contributed by atoms with Crippen molar-refractivity contribution in [2.24, 2.45) is 10.1 Å². The van der Waals surface area contributed by atoms with Crippen LogP contribution < -0.4 is 0 Å². The Hall–Kier alpha value is -1.16. The fourth-order valence-electron chi connectivity index (χ4n) is 0.745. The van der Waals surface area contributed by atoms with E-state index in [9.17, 15) is 0 Å². The lowest BCUT2D eigenvalue weighted by molar-refractivity contribution is 0.0989. The van der Waals surface area contributed by atoms with Gasteiger partial charge in [0, 0.05) is 7.05 Å². The summed E-state index contributed by atoms with van der Waals surface area (Å²) >= 11 is 0. The summed E-state index contributed by atoms with van der Waals surface area (Å²) in [6, 6.07) is 0. The van der Waals surface area contributed by atoms with Crippen molar-refractivity contribution in [3.05, 3.63) is 12.2 Å². The molecule has 0 atom stereocenters. The van der Waals surface area contributed by atoms with Crippen molar-refractivity contribution in [1.82, 2.24) is 0 Å². The zero-order chi connectivity index (χ0) is 10.1. The molecule has 13 heavy (non-hydrogen) atoms. The molecule has 0 radical (unpaired) electrons. The molecule has 0 aliphatic rings. The molecule has 0 unspecified atom stereocenters. The Morgan fingerprint density at radius 2 is 2.23 bits per heavy atom. The first kappa shape index (κ1) is 11.8. The largest absolute Gasteiger partial charge is 0.393 e. The van der Waals surface area contributed by atoms with Gasteiger partial charge in [-0.1, -0.05) is 11.2 Å². The standard InChI is InChI=1S/C9H16N2O2/c1-4-5-9(10-3)8(2)11-13-7-6-12/h4-5,12H,6-7H2,1-3H3. The highest BCUT2D eigenvalue weighted by Gasteiger charge is 1.97. The Labute approximate surface area is 78.6 Å². The van der Waals surface area contributed by atoms with Crippen molar-refractivity contribution >= 4 is 11.4 Å². The first-order chi connectivity index (χ1) is 6.26. The molecule has 0 aromatic rings. The van der Waals surface area contributed by atoms with Gasteiger partial charge in [0.1, 0.15) is 12.3 Å². The van der Waals surface area contributed by atoms with Gasteiger partial charge >= 0.3 is 0 Å². The summed E-state index contributed by atoms with van der Waals surface area (Å²) in [7, 11) is 1.69. The fraction of sp³-hybridized carbons (Fsp3) is 0.556. The molecule has 0 saturated heterocycles. The molecule has 0 fully saturated rings. The van der Waals surface area contributed by atoms with E-state index in [1.165, 1.54) is 0 Å². The zero-order valence-electron chi connectivity index (χ0n) is 8.32. The van der Waals surface area contributed by atoms with Gasteiger partial charge in [-0.05, 0) is 19.9 Å². The number of aliphatic hydroxyl groups excluding tert-OH is 1. The maximum Gasteiger partial charge on any atom is 0.140 e.